The van der Waals surface area contributed by atoms with Crippen LogP contribution >= 0.6 is 8.10 Å². The Bertz CT molecular complexity index is 1080. The molecule has 0 spiro atoms. The summed E-state index contributed by atoms with van der Waals surface area (Å²) in [6.45, 7) is 29.1. The van der Waals surface area contributed by atoms with Crippen LogP contribution in [-0.2, 0) is 39.3 Å². The third-order valence-corrected chi connectivity index (χ3v) is 10.8. The predicted molar refractivity (Wildman–Crippen MR) is 172 cm³/mol. The van der Waals surface area contributed by atoms with Gasteiger partial charge in [-0.25, -0.2) is 0 Å². The van der Waals surface area contributed by atoms with Crippen LogP contribution < -0.4 is 0 Å². The summed E-state index contributed by atoms with van der Waals surface area (Å²) in [5.74, 6) is 0. The van der Waals surface area contributed by atoms with Gasteiger partial charge in [-0.05, 0) is 72.4 Å². The van der Waals surface area contributed by atoms with Crippen LogP contribution in [0.3, 0.4) is 0 Å². The van der Waals surface area contributed by atoms with Crippen molar-refractivity contribution in [2.24, 2.45) is 0 Å². The smallest absolute Gasteiger partial charge is 0.0698 e. The van der Waals surface area contributed by atoms with Crippen molar-refractivity contribution in [2.45, 2.75) is 156 Å². The number of hydrogen-bond acceptors (Lipinski definition) is 1. The minimum Gasteiger partial charge on any atom is -0.0698 e. The summed E-state index contributed by atoms with van der Waals surface area (Å²) in [4.78, 5) is 0. The van der Waals surface area contributed by atoms with Crippen LogP contribution in [0.25, 0.3) is 0 Å². The highest BCUT2D eigenvalue weighted by molar-refractivity contribution is 7.39. The Morgan fingerprint density at radius 2 is 0.825 bits per heavy atom. The summed E-state index contributed by atoms with van der Waals surface area (Å²) >= 11 is 0. The first-order chi connectivity index (χ1) is 18.2. The lowest BCUT2D eigenvalue weighted by Gasteiger charge is -2.29. The minimum atomic E-state index is -1.62. The van der Waals surface area contributed by atoms with E-state index in [4.69, 9.17) is 0 Å². The zero-order valence-electron chi connectivity index (χ0n) is 27.6. The molecule has 1 saturated heterocycles. The van der Waals surface area contributed by atoms with Crippen molar-refractivity contribution < 1.29 is 4.57 Å². The van der Waals surface area contributed by atoms with Gasteiger partial charge in [0.1, 0.15) is 0 Å². The van der Waals surface area contributed by atoms with Crippen molar-refractivity contribution in [1.82, 2.24) is 9.34 Å². The van der Waals surface area contributed by atoms with Crippen LogP contribution in [0.2, 0.25) is 0 Å². The zero-order valence-corrected chi connectivity index (χ0v) is 28.5. The van der Waals surface area contributed by atoms with Gasteiger partial charge >= 0.3 is 8.10 Å². The third kappa shape index (κ3) is 6.91. The Hall–Kier alpha value is -1.54. The fraction of sp³-hybridized carbons (Fsp3) is 0.667. The van der Waals surface area contributed by atoms with Gasteiger partial charge in [-0.3, -0.25) is 0 Å². The molecular formula is C36H56N2OP+. The Kier molecular flexibility index (Phi) is 8.59. The highest BCUT2D eigenvalue weighted by atomic mass is 31.1. The number of fused-ring (bicyclic) bond motifs is 1. The Balaban J connectivity index is 1.70. The first-order valence-electron chi connectivity index (χ1n) is 15.6. The molecule has 0 radical (unpaired) electrons. The van der Waals surface area contributed by atoms with E-state index >= 15 is 0 Å². The molecule has 1 aliphatic heterocycles. The van der Waals surface area contributed by atoms with Crippen molar-refractivity contribution in [3.8, 4) is 0 Å². The first kappa shape index (κ1) is 31.4. The van der Waals surface area contributed by atoms with E-state index in [0.29, 0.717) is 12.1 Å². The van der Waals surface area contributed by atoms with E-state index in [9.17, 15) is 4.57 Å². The van der Waals surface area contributed by atoms with Crippen molar-refractivity contribution in [2.75, 3.05) is 0 Å². The average molecular weight is 564 g/mol. The van der Waals surface area contributed by atoms with E-state index in [1.165, 1.54) is 46.2 Å². The highest BCUT2D eigenvalue weighted by Gasteiger charge is 2.57. The molecule has 220 valence electrons. The lowest BCUT2D eigenvalue weighted by atomic mass is 9.79. The molecule has 40 heavy (non-hydrogen) atoms. The molecule has 0 aromatic heterocycles. The van der Waals surface area contributed by atoms with Gasteiger partial charge in [-0.15, -0.1) is 0 Å². The normalized spacial score (nSPS) is 21.6. The lowest BCUT2D eigenvalue weighted by molar-refractivity contribution is 0.197. The number of hydrogen-bond donors (Lipinski definition) is 0. The molecule has 1 heterocycles. The van der Waals surface area contributed by atoms with Crippen LogP contribution in [0.4, 0.5) is 0 Å². The molecule has 1 saturated carbocycles. The molecule has 0 amide bonds. The summed E-state index contributed by atoms with van der Waals surface area (Å²) in [5.41, 5.74) is 8.39. The van der Waals surface area contributed by atoms with Gasteiger partial charge in [-0.1, -0.05) is 142 Å². The predicted octanol–water partition coefficient (Wildman–Crippen LogP) is 10.2. The second-order valence-electron chi connectivity index (χ2n) is 16.7. The molecule has 3 nitrogen and oxygen atoms in total. The first-order valence-corrected chi connectivity index (χ1v) is 16.7. The van der Waals surface area contributed by atoms with Crippen LogP contribution in [0.1, 0.15) is 142 Å². The maximum absolute atomic E-state index is 14.4. The van der Waals surface area contributed by atoms with Crippen molar-refractivity contribution in [1.29, 1.82) is 0 Å². The van der Waals surface area contributed by atoms with Crippen LogP contribution in [0.5, 0.6) is 0 Å². The Morgan fingerprint density at radius 1 is 0.550 bits per heavy atom. The van der Waals surface area contributed by atoms with Gasteiger partial charge in [0.05, 0.1) is 25.2 Å². The van der Waals surface area contributed by atoms with Crippen molar-refractivity contribution in [3.63, 3.8) is 0 Å². The quantitative estimate of drug-likeness (QED) is 0.346. The molecule has 0 unspecified atom stereocenters. The van der Waals surface area contributed by atoms with E-state index in [1.807, 2.05) is 0 Å². The van der Waals surface area contributed by atoms with Gasteiger partial charge in [0.2, 0.25) is 0 Å². The van der Waals surface area contributed by atoms with Crippen molar-refractivity contribution >= 4 is 8.10 Å². The summed E-state index contributed by atoms with van der Waals surface area (Å²) in [5, 5.41) is 0. The summed E-state index contributed by atoms with van der Waals surface area (Å²) in [6.07, 6.45) is 4.75. The average Bonchev–Trinajstić information content (AvgIpc) is 3.07. The van der Waals surface area contributed by atoms with Gasteiger partial charge in [-0.2, -0.15) is 0 Å². The van der Waals surface area contributed by atoms with E-state index in [1.54, 1.807) is 0 Å². The van der Waals surface area contributed by atoms with E-state index in [2.05, 4.69) is 129 Å². The molecule has 2 aliphatic rings. The number of rotatable bonds is 4. The van der Waals surface area contributed by atoms with Gasteiger partial charge < -0.3 is 0 Å². The largest absolute Gasteiger partial charge is 0.538 e. The fourth-order valence-electron chi connectivity index (χ4n) is 6.22. The topological polar surface area (TPSA) is 23.6 Å². The molecule has 4 rings (SSSR count). The van der Waals surface area contributed by atoms with Crippen LogP contribution in [-0.4, -0.2) is 21.4 Å². The summed E-state index contributed by atoms with van der Waals surface area (Å²) < 4.78 is 19.1. The summed E-state index contributed by atoms with van der Waals surface area (Å²) in [6, 6.07) is 15.0. The maximum Gasteiger partial charge on any atom is 0.538 e. The van der Waals surface area contributed by atoms with E-state index in [0.717, 1.165) is 25.9 Å². The standard InChI is InChI=1S/C36H56N2OP/c1-33(2,3)27-17-25(18-28(21-27)34(4,5)6)23-37-31-15-13-14-16-32(31)38(40(37)39)24-26-19-29(35(7,8)9)22-30(20-26)36(10,11)12/h17-22,31-32H,13-16,23-24H2,1-12H3/q+1/t31-,32-/m1/s1. The Labute approximate surface area is 247 Å². The molecule has 2 aromatic rings. The monoisotopic (exact) mass is 563 g/mol. The lowest BCUT2D eigenvalue weighted by Crippen LogP contribution is -2.39. The maximum atomic E-state index is 14.4. The Morgan fingerprint density at radius 3 is 1.07 bits per heavy atom. The molecule has 2 aromatic carbocycles. The molecule has 2 atom stereocenters. The SMILES string of the molecule is CC(C)(C)c1cc(CN2[C@@H]3CCCC[C@H]3N(Cc3cc(C(C)(C)C)cc(C(C)(C)C)c3)[P+]2=O)cc(C(C)(C)C)c1. The molecule has 1 aliphatic carbocycles. The van der Waals surface area contributed by atoms with Crippen LogP contribution in [0.15, 0.2) is 36.4 Å². The second kappa shape index (κ2) is 10.9. The van der Waals surface area contributed by atoms with Gasteiger partial charge in [0.15, 0.2) is 0 Å². The fourth-order valence-corrected chi connectivity index (χ4v) is 8.13. The third-order valence-electron chi connectivity index (χ3n) is 9.04. The highest BCUT2D eigenvalue weighted by Crippen LogP contribution is 2.52. The molecular weight excluding hydrogens is 507 g/mol. The van der Waals surface area contributed by atoms with Gasteiger partial charge in [0, 0.05) is 0 Å². The van der Waals surface area contributed by atoms with Crippen molar-refractivity contribution in [3.05, 3.63) is 69.8 Å². The van der Waals surface area contributed by atoms with Gasteiger partial charge in [0.25, 0.3) is 0 Å². The number of nitrogens with zero attached hydrogens (tertiary/aromatic N) is 2. The molecule has 4 heteroatoms. The minimum absolute atomic E-state index is 0.0749. The second-order valence-corrected chi connectivity index (χ2v) is 18.2. The van der Waals surface area contributed by atoms with Crippen LogP contribution in [0, 0.1) is 0 Å². The van der Waals surface area contributed by atoms with E-state index in [-0.39, 0.29) is 21.7 Å². The molecule has 0 N–H and O–H groups in total. The molecule has 2 fully saturated rings. The number of benzene rings is 2. The zero-order chi connectivity index (χ0) is 29.8. The van der Waals surface area contributed by atoms with E-state index < -0.39 is 8.10 Å². The summed E-state index contributed by atoms with van der Waals surface area (Å²) in [7, 11) is -1.62. The molecule has 0 bridgehead atoms.